The Bertz CT molecular complexity index is 186. The average Bonchev–Trinajstić information content (AvgIpc) is 2.54. The van der Waals surface area contributed by atoms with Crippen molar-refractivity contribution in [2.45, 2.75) is 130 Å². The van der Waals surface area contributed by atoms with Gasteiger partial charge in [-0.25, -0.2) is 0 Å². The fraction of sp³-hybridized carbons (Fsp3) is 0.957. The lowest BCUT2D eigenvalue weighted by Crippen LogP contribution is -2.11. The summed E-state index contributed by atoms with van der Waals surface area (Å²) in [7, 11) is 0. The molecule has 0 heterocycles. The van der Waals surface area contributed by atoms with Gasteiger partial charge in [-0.05, 0) is 18.3 Å². The lowest BCUT2D eigenvalue weighted by molar-refractivity contribution is 0.379. The van der Waals surface area contributed by atoms with Crippen molar-refractivity contribution in [2.75, 3.05) is 0 Å². The third-order valence-electron chi connectivity index (χ3n) is 5.22. The molecule has 0 aromatic heterocycles. The van der Waals surface area contributed by atoms with Gasteiger partial charge in [-0.2, -0.15) is 0 Å². The zero-order valence-corrected chi connectivity index (χ0v) is 17.0. The quantitative estimate of drug-likeness (QED) is 0.221. The van der Waals surface area contributed by atoms with Gasteiger partial charge in [0.05, 0.1) is 0 Å². The van der Waals surface area contributed by atoms with Crippen molar-refractivity contribution < 1.29 is 0 Å². The summed E-state index contributed by atoms with van der Waals surface area (Å²) in [6.07, 6.45) is 25.5. The van der Waals surface area contributed by atoms with Crippen LogP contribution in [0.2, 0.25) is 0 Å². The lowest BCUT2D eigenvalue weighted by atomic mass is 9.83. The highest BCUT2D eigenvalue weighted by Crippen LogP contribution is 2.28. The highest BCUT2D eigenvalue weighted by molar-refractivity contribution is 4.83. The standard InChI is InChI=1S/C23H47/c1-5-9-11-13-15-19-22(17-7-3)21-23(18-8-4)20-16-14-12-10-6-2/h21-23H,5-20H2,1-4H3. The molecule has 0 N–H and O–H groups in total. The second-order valence-electron chi connectivity index (χ2n) is 7.70. The van der Waals surface area contributed by atoms with E-state index in [1.54, 1.807) is 0 Å². The normalized spacial score (nSPS) is 14.1. The Hall–Kier alpha value is 0. The summed E-state index contributed by atoms with van der Waals surface area (Å²) in [4.78, 5) is 0. The van der Waals surface area contributed by atoms with Crippen molar-refractivity contribution in [1.82, 2.24) is 0 Å². The largest absolute Gasteiger partial charge is 0.0654 e. The SMILES string of the molecule is CCCCCCCC([CH]C(CCC)CCCCCCC)CCC. The molecular formula is C23H47. The van der Waals surface area contributed by atoms with Crippen LogP contribution in [0.1, 0.15) is 130 Å². The first-order chi connectivity index (χ1) is 11.3. The van der Waals surface area contributed by atoms with Gasteiger partial charge in [-0.1, -0.05) is 130 Å². The zero-order valence-electron chi connectivity index (χ0n) is 17.0. The molecule has 2 unspecified atom stereocenters. The number of hydrogen-bond donors (Lipinski definition) is 0. The third kappa shape index (κ3) is 15.3. The molecule has 0 aliphatic heterocycles. The van der Waals surface area contributed by atoms with Crippen molar-refractivity contribution in [2.24, 2.45) is 11.8 Å². The Balaban J connectivity index is 4.02. The Morgan fingerprint density at radius 3 is 1.17 bits per heavy atom. The van der Waals surface area contributed by atoms with E-state index in [1.807, 2.05) is 0 Å². The minimum Gasteiger partial charge on any atom is -0.0654 e. The second-order valence-corrected chi connectivity index (χ2v) is 7.70. The first-order valence-electron chi connectivity index (χ1n) is 11.1. The highest BCUT2D eigenvalue weighted by atomic mass is 14.2. The van der Waals surface area contributed by atoms with Crippen LogP contribution in [-0.2, 0) is 0 Å². The van der Waals surface area contributed by atoms with Crippen LogP contribution in [0.5, 0.6) is 0 Å². The van der Waals surface area contributed by atoms with Crippen molar-refractivity contribution >= 4 is 0 Å². The molecule has 139 valence electrons. The van der Waals surface area contributed by atoms with E-state index in [1.165, 1.54) is 103 Å². The Morgan fingerprint density at radius 1 is 0.435 bits per heavy atom. The van der Waals surface area contributed by atoms with Crippen molar-refractivity contribution in [1.29, 1.82) is 0 Å². The second kappa shape index (κ2) is 18.3. The molecule has 0 aromatic rings. The van der Waals surface area contributed by atoms with Crippen molar-refractivity contribution in [3.05, 3.63) is 6.42 Å². The van der Waals surface area contributed by atoms with Gasteiger partial charge in [-0.15, -0.1) is 0 Å². The summed E-state index contributed by atoms with van der Waals surface area (Å²) in [6, 6.07) is 0. The van der Waals surface area contributed by atoms with Crippen LogP contribution in [0.4, 0.5) is 0 Å². The van der Waals surface area contributed by atoms with E-state index < -0.39 is 0 Å². The van der Waals surface area contributed by atoms with Gasteiger partial charge in [0.2, 0.25) is 0 Å². The molecule has 0 saturated carbocycles. The minimum atomic E-state index is 0.897. The Morgan fingerprint density at radius 2 is 0.826 bits per heavy atom. The van der Waals surface area contributed by atoms with Crippen LogP contribution >= 0.6 is 0 Å². The van der Waals surface area contributed by atoms with Crippen LogP contribution in [0.25, 0.3) is 0 Å². The molecule has 0 nitrogen and oxygen atoms in total. The molecule has 0 saturated heterocycles. The molecule has 0 bridgehead atoms. The molecule has 23 heavy (non-hydrogen) atoms. The van der Waals surface area contributed by atoms with Crippen LogP contribution in [-0.4, -0.2) is 0 Å². The monoisotopic (exact) mass is 323 g/mol. The maximum Gasteiger partial charge on any atom is -0.0324 e. The summed E-state index contributed by atoms with van der Waals surface area (Å²) in [5, 5.41) is 0. The Kier molecular flexibility index (Phi) is 18.3. The van der Waals surface area contributed by atoms with Gasteiger partial charge in [0.25, 0.3) is 0 Å². The molecule has 2 atom stereocenters. The molecule has 0 heteroatoms. The molecule has 0 aromatic carbocycles. The molecule has 0 aliphatic rings. The smallest absolute Gasteiger partial charge is 0.0324 e. The molecule has 0 amide bonds. The van der Waals surface area contributed by atoms with Crippen molar-refractivity contribution in [3.63, 3.8) is 0 Å². The third-order valence-corrected chi connectivity index (χ3v) is 5.22. The number of rotatable bonds is 18. The van der Waals surface area contributed by atoms with E-state index in [-0.39, 0.29) is 0 Å². The highest BCUT2D eigenvalue weighted by Gasteiger charge is 2.15. The van der Waals surface area contributed by atoms with Crippen LogP contribution in [0.3, 0.4) is 0 Å². The number of hydrogen-bond acceptors (Lipinski definition) is 0. The summed E-state index contributed by atoms with van der Waals surface area (Å²) in [6.45, 7) is 9.34. The summed E-state index contributed by atoms with van der Waals surface area (Å²) < 4.78 is 0. The van der Waals surface area contributed by atoms with Gasteiger partial charge in [0.15, 0.2) is 0 Å². The van der Waals surface area contributed by atoms with Gasteiger partial charge >= 0.3 is 0 Å². The maximum absolute atomic E-state index is 2.78. The maximum atomic E-state index is 2.78. The minimum absolute atomic E-state index is 0.897. The molecular weight excluding hydrogens is 276 g/mol. The number of unbranched alkanes of at least 4 members (excludes halogenated alkanes) is 8. The predicted molar refractivity (Wildman–Crippen MR) is 108 cm³/mol. The van der Waals surface area contributed by atoms with E-state index >= 15 is 0 Å². The van der Waals surface area contributed by atoms with Gasteiger partial charge in [-0.3, -0.25) is 0 Å². The van der Waals surface area contributed by atoms with Crippen LogP contribution in [0.15, 0.2) is 0 Å². The van der Waals surface area contributed by atoms with Gasteiger partial charge in [0, 0.05) is 0 Å². The van der Waals surface area contributed by atoms with E-state index in [2.05, 4.69) is 34.1 Å². The van der Waals surface area contributed by atoms with Gasteiger partial charge < -0.3 is 0 Å². The molecule has 0 spiro atoms. The van der Waals surface area contributed by atoms with Crippen LogP contribution < -0.4 is 0 Å². The van der Waals surface area contributed by atoms with Gasteiger partial charge in [0.1, 0.15) is 0 Å². The molecule has 0 fully saturated rings. The molecule has 1 radical (unpaired) electrons. The Labute approximate surface area is 149 Å². The van der Waals surface area contributed by atoms with Crippen molar-refractivity contribution in [3.8, 4) is 0 Å². The summed E-state index contributed by atoms with van der Waals surface area (Å²) >= 11 is 0. The fourth-order valence-corrected chi connectivity index (χ4v) is 3.82. The lowest BCUT2D eigenvalue weighted by Gasteiger charge is -2.23. The molecule has 0 aliphatic carbocycles. The van der Waals surface area contributed by atoms with E-state index in [0.29, 0.717) is 0 Å². The van der Waals surface area contributed by atoms with E-state index in [4.69, 9.17) is 0 Å². The summed E-state index contributed by atoms with van der Waals surface area (Å²) in [5.41, 5.74) is 0. The topological polar surface area (TPSA) is 0 Å². The summed E-state index contributed by atoms with van der Waals surface area (Å²) in [5.74, 6) is 1.79. The predicted octanol–water partition coefficient (Wildman–Crippen LogP) is 8.74. The fourth-order valence-electron chi connectivity index (χ4n) is 3.82. The zero-order chi connectivity index (χ0) is 17.2. The molecule has 0 rings (SSSR count). The van der Waals surface area contributed by atoms with Crippen LogP contribution in [0, 0.1) is 18.3 Å². The van der Waals surface area contributed by atoms with E-state index in [9.17, 15) is 0 Å². The first-order valence-corrected chi connectivity index (χ1v) is 11.1. The average molecular weight is 324 g/mol. The van der Waals surface area contributed by atoms with E-state index in [0.717, 1.165) is 11.8 Å². The first kappa shape index (κ1) is 23.0.